The van der Waals surface area contributed by atoms with E-state index in [4.69, 9.17) is 8.92 Å². The number of benzene rings is 1. The van der Waals surface area contributed by atoms with Crippen LogP contribution in [-0.4, -0.2) is 21.8 Å². The highest BCUT2D eigenvalue weighted by Crippen LogP contribution is 2.14. The summed E-state index contributed by atoms with van der Waals surface area (Å²) in [6, 6.07) is 6.45. The van der Waals surface area contributed by atoms with Crippen molar-refractivity contribution in [1.29, 1.82) is 0 Å². The summed E-state index contributed by atoms with van der Waals surface area (Å²) in [5.74, 6) is 0. The molecule has 0 N–H and O–H groups in total. The van der Waals surface area contributed by atoms with Gasteiger partial charge in [0, 0.05) is 7.11 Å². The lowest BCUT2D eigenvalue weighted by molar-refractivity contribution is -0.0336. The van der Waals surface area contributed by atoms with E-state index in [1.54, 1.807) is 12.1 Å². The Balaban J connectivity index is 2.91. The first-order valence-corrected chi connectivity index (χ1v) is 5.89. The van der Waals surface area contributed by atoms with Gasteiger partial charge in [0.25, 0.3) is 10.1 Å². The van der Waals surface area contributed by atoms with Gasteiger partial charge in [-0.05, 0) is 26.0 Å². The molecule has 1 atom stereocenters. The monoisotopic (exact) mass is 230 g/mol. The van der Waals surface area contributed by atoms with Crippen molar-refractivity contribution in [2.24, 2.45) is 0 Å². The highest BCUT2D eigenvalue weighted by Gasteiger charge is 2.18. The molecule has 0 saturated carbocycles. The zero-order valence-corrected chi connectivity index (χ0v) is 9.74. The van der Waals surface area contributed by atoms with E-state index in [0.717, 1.165) is 5.56 Å². The maximum atomic E-state index is 11.6. The van der Waals surface area contributed by atoms with Gasteiger partial charge in [-0.15, -0.1) is 0 Å². The highest BCUT2D eigenvalue weighted by atomic mass is 32.2. The van der Waals surface area contributed by atoms with Crippen molar-refractivity contribution in [3.8, 4) is 0 Å². The van der Waals surface area contributed by atoms with Crippen LogP contribution in [-0.2, 0) is 19.0 Å². The Labute approximate surface area is 90.0 Å². The average molecular weight is 230 g/mol. The summed E-state index contributed by atoms with van der Waals surface area (Å²) in [7, 11) is -2.33. The largest absolute Gasteiger partial charge is 0.355 e. The molecule has 0 aliphatic carbocycles. The van der Waals surface area contributed by atoms with Gasteiger partial charge in [-0.2, -0.15) is 8.42 Å². The lowest BCUT2D eigenvalue weighted by Gasteiger charge is -2.10. The number of ether oxygens (including phenoxy) is 1. The summed E-state index contributed by atoms with van der Waals surface area (Å²) in [5.41, 5.74) is 0.994. The first kappa shape index (κ1) is 12.2. The van der Waals surface area contributed by atoms with Gasteiger partial charge in [0.1, 0.15) is 0 Å². The van der Waals surface area contributed by atoms with E-state index in [1.165, 1.54) is 26.2 Å². The quantitative estimate of drug-likeness (QED) is 0.583. The molecule has 1 aromatic rings. The van der Waals surface area contributed by atoms with Gasteiger partial charge in [0.15, 0.2) is 6.29 Å². The van der Waals surface area contributed by atoms with Crippen LogP contribution in [0.2, 0.25) is 0 Å². The Morgan fingerprint density at radius 3 is 2.20 bits per heavy atom. The molecule has 0 amide bonds. The van der Waals surface area contributed by atoms with Gasteiger partial charge in [-0.25, -0.2) is 4.18 Å². The summed E-state index contributed by atoms with van der Waals surface area (Å²) in [5, 5.41) is 0. The molecule has 0 aromatic heterocycles. The Morgan fingerprint density at radius 2 is 1.73 bits per heavy atom. The van der Waals surface area contributed by atoms with Crippen LogP contribution in [0.1, 0.15) is 12.5 Å². The molecule has 4 nitrogen and oxygen atoms in total. The molecule has 0 aliphatic rings. The van der Waals surface area contributed by atoms with E-state index in [1.807, 2.05) is 6.92 Å². The predicted octanol–water partition coefficient (Wildman–Crippen LogP) is 1.69. The number of methoxy groups -OCH3 is 1. The molecular weight excluding hydrogens is 216 g/mol. The van der Waals surface area contributed by atoms with Crippen LogP contribution in [0.3, 0.4) is 0 Å². The number of hydrogen-bond donors (Lipinski definition) is 0. The second-order valence-corrected chi connectivity index (χ2v) is 4.74. The Morgan fingerprint density at radius 1 is 1.20 bits per heavy atom. The fourth-order valence-corrected chi connectivity index (χ4v) is 1.99. The van der Waals surface area contributed by atoms with Crippen LogP contribution in [0.25, 0.3) is 0 Å². The standard InChI is InChI=1S/C10H14O4S/c1-8-4-6-10(7-5-8)15(11,12)14-9(2)13-3/h4-7,9H,1-3H3. The molecule has 0 radical (unpaired) electrons. The molecule has 0 saturated heterocycles. The first-order valence-electron chi connectivity index (χ1n) is 4.48. The smallest absolute Gasteiger partial charge is 0.299 e. The second kappa shape index (κ2) is 4.74. The molecule has 1 aromatic carbocycles. The van der Waals surface area contributed by atoms with Gasteiger partial charge in [-0.3, -0.25) is 0 Å². The molecule has 84 valence electrons. The van der Waals surface area contributed by atoms with Crippen molar-refractivity contribution in [2.75, 3.05) is 7.11 Å². The van der Waals surface area contributed by atoms with Gasteiger partial charge < -0.3 is 4.74 Å². The highest BCUT2D eigenvalue weighted by molar-refractivity contribution is 7.86. The minimum atomic E-state index is -3.71. The third-order valence-corrected chi connectivity index (χ3v) is 3.28. The predicted molar refractivity (Wildman–Crippen MR) is 55.9 cm³/mol. The number of hydrogen-bond acceptors (Lipinski definition) is 4. The molecule has 1 unspecified atom stereocenters. The molecule has 0 heterocycles. The molecule has 5 heteroatoms. The molecule has 15 heavy (non-hydrogen) atoms. The minimum absolute atomic E-state index is 0.136. The zero-order valence-electron chi connectivity index (χ0n) is 8.93. The maximum absolute atomic E-state index is 11.6. The number of aryl methyl sites for hydroxylation is 1. The molecule has 0 fully saturated rings. The zero-order chi connectivity index (χ0) is 11.5. The van der Waals surface area contributed by atoms with Crippen LogP contribution in [0.5, 0.6) is 0 Å². The van der Waals surface area contributed by atoms with E-state index in [0.29, 0.717) is 0 Å². The van der Waals surface area contributed by atoms with Crippen molar-refractivity contribution in [1.82, 2.24) is 0 Å². The van der Waals surface area contributed by atoms with Crippen LogP contribution >= 0.6 is 0 Å². The fourth-order valence-electron chi connectivity index (χ4n) is 0.978. The topological polar surface area (TPSA) is 52.6 Å². The van der Waals surface area contributed by atoms with Crippen molar-refractivity contribution in [3.05, 3.63) is 29.8 Å². The van der Waals surface area contributed by atoms with Gasteiger partial charge in [-0.1, -0.05) is 17.7 Å². The van der Waals surface area contributed by atoms with E-state index < -0.39 is 16.4 Å². The van der Waals surface area contributed by atoms with Crippen molar-refractivity contribution < 1.29 is 17.3 Å². The summed E-state index contributed by atoms with van der Waals surface area (Å²) >= 11 is 0. The SMILES string of the molecule is COC(C)OS(=O)(=O)c1ccc(C)cc1. The lowest BCUT2D eigenvalue weighted by Crippen LogP contribution is -2.16. The van der Waals surface area contributed by atoms with E-state index >= 15 is 0 Å². The molecular formula is C10H14O4S. The van der Waals surface area contributed by atoms with Crippen LogP contribution < -0.4 is 0 Å². The number of rotatable bonds is 4. The second-order valence-electron chi connectivity index (χ2n) is 3.17. The Bertz CT molecular complexity index is 408. The van der Waals surface area contributed by atoms with Gasteiger partial charge in [0.05, 0.1) is 4.90 Å². The van der Waals surface area contributed by atoms with E-state index in [-0.39, 0.29) is 4.90 Å². The van der Waals surface area contributed by atoms with Crippen LogP contribution in [0.4, 0.5) is 0 Å². The van der Waals surface area contributed by atoms with E-state index in [9.17, 15) is 8.42 Å². The van der Waals surface area contributed by atoms with Crippen molar-refractivity contribution in [2.45, 2.75) is 25.0 Å². The minimum Gasteiger partial charge on any atom is -0.355 e. The van der Waals surface area contributed by atoms with Crippen molar-refractivity contribution >= 4 is 10.1 Å². The Hall–Kier alpha value is -0.910. The third-order valence-electron chi connectivity index (χ3n) is 1.90. The molecule has 0 spiro atoms. The van der Waals surface area contributed by atoms with Gasteiger partial charge >= 0.3 is 0 Å². The van der Waals surface area contributed by atoms with Gasteiger partial charge in [0.2, 0.25) is 0 Å². The molecule has 1 rings (SSSR count). The lowest BCUT2D eigenvalue weighted by atomic mass is 10.2. The summed E-state index contributed by atoms with van der Waals surface area (Å²) < 4.78 is 32.7. The maximum Gasteiger partial charge on any atom is 0.299 e. The summed E-state index contributed by atoms with van der Waals surface area (Å²) in [4.78, 5) is 0.136. The van der Waals surface area contributed by atoms with Crippen LogP contribution in [0.15, 0.2) is 29.2 Å². The van der Waals surface area contributed by atoms with Crippen LogP contribution in [0, 0.1) is 6.92 Å². The summed E-state index contributed by atoms with van der Waals surface area (Å²) in [6.07, 6.45) is -0.781. The molecule has 0 aliphatic heterocycles. The average Bonchev–Trinajstić information content (AvgIpc) is 2.17. The fraction of sp³-hybridized carbons (Fsp3) is 0.400. The van der Waals surface area contributed by atoms with E-state index in [2.05, 4.69) is 0 Å². The third kappa shape index (κ3) is 3.30. The normalized spacial score (nSPS) is 13.8. The summed E-state index contributed by atoms with van der Waals surface area (Å²) in [6.45, 7) is 3.40. The van der Waals surface area contributed by atoms with Crippen molar-refractivity contribution in [3.63, 3.8) is 0 Å². The Kier molecular flexibility index (Phi) is 3.84. The first-order chi connectivity index (χ1) is 6.95. The molecule has 0 bridgehead atoms.